The van der Waals surface area contributed by atoms with Gasteiger partial charge in [0, 0.05) is 12.5 Å². The van der Waals surface area contributed by atoms with Crippen LogP contribution in [0.15, 0.2) is 0 Å². The molecule has 5 nitrogen and oxygen atoms in total. The molecule has 0 aromatic rings. The summed E-state index contributed by atoms with van der Waals surface area (Å²) in [7, 11) is 0. The summed E-state index contributed by atoms with van der Waals surface area (Å²) in [5.74, 6) is -0.375. The molecule has 0 aromatic carbocycles. The van der Waals surface area contributed by atoms with Crippen LogP contribution < -0.4 is 5.32 Å². The van der Waals surface area contributed by atoms with E-state index in [1.165, 1.54) is 0 Å². The number of hydrogen-bond donors (Lipinski definition) is 2. The fraction of sp³-hybridized carbons (Fsp3) is 0.846. The number of carbonyl (C=O) groups excluding carboxylic acids is 1. The zero-order valence-corrected chi connectivity index (χ0v) is 11.3. The number of rotatable bonds is 6. The summed E-state index contributed by atoms with van der Waals surface area (Å²) in [4.78, 5) is 24.4. The maximum atomic E-state index is 11.7. The zero-order chi connectivity index (χ0) is 13.5. The summed E-state index contributed by atoms with van der Waals surface area (Å²) in [5.41, 5.74) is 0. The summed E-state index contributed by atoms with van der Waals surface area (Å²) in [6.07, 6.45) is 2.95. The molecular formula is C13H24N2O3. The van der Waals surface area contributed by atoms with Crippen molar-refractivity contribution in [1.82, 2.24) is 10.2 Å². The predicted molar refractivity (Wildman–Crippen MR) is 69.3 cm³/mol. The number of carbonyl (C=O) groups is 2. The van der Waals surface area contributed by atoms with Crippen LogP contribution in [0.4, 0.5) is 0 Å². The van der Waals surface area contributed by atoms with Gasteiger partial charge >= 0.3 is 5.97 Å². The quantitative estimate of drug-likeness (QED) is 0.746. The molecule has 2 N–H and O–H groups in total. The highest BCUT2D eigenvalue weighted by molar-refractivity contribution is 5.78. The number of nitrogens with one attached hydrogen (secondary N) is 1. The lowest BCUT2D eigenvalue weighted by molar-refractivity contribution is -0.138. The third kappa shape index (κ3) is 5.49. The molecule has 0 aliphatic carbocycles. The van der Waals surface area contributed by atoms with Gasteiger partial charge in [-0.15, -0.1) is 0 Å². The summed E-state index contributed by atoms with van der Waals surface area (Å²) in [6, 6.07) is 0.224. The molecule has 1 atom stereocenters. The molecular weight excluding hydrogens is 232 g/mol. The highest BCUT2D eigenvalue weighted by atomic mass is 16.4. The van der Waals surface area contributed by atoms with E-state index < -0.39 is 5.97 Å². The third-order valence-corrected chi connectivity index (χ3v) is 3.56. The molecule has 104 valence electrons. The molecule has 0 saturated carbocycles. The van der Waals surface area contributed by atoms with E-state index in [1.807, 2.05) is 13.8 Å². The maximum absolute atomic E-state index is 11.7. The Morgan fingerprint density at radius 2 is 2.00 bits per heavy atom. The third-order valence-electron chi connectivity index (χ3n) is 3.56. The number of aliphatic carboxylic acids is 1. The van der Waals surface area contributed by atoms with Crippen molar-refractivity contribution in [2.75, 3.05) is 19.6 Å². The lowest BCUT2D eigenvalue weighted by Gasteiger charge is -2.31. The van der Waals surface area contributed by atoms with Crippen molar-refractivity contribution in [3.63, 3.8) is 0 Å². The summed E-state index contributed by atoms with van der Waals surface area (Å²) >= 11 is 0. The Labute approximate surface area is 109 Å². The van der Waals surface area contributed by atoms with Gasteiger partial charge < -0.3 is 10.4 Å². The van der Waals surface area contributed by atoms with Crippen molar-refractivity contribution in [1.29, 1.82) is 0 Å². The van der Waals surface area contributed by atoms with Crippen LogP contribution in [-0.2, 0) is 9.59 Å². The molecule has 1 unspecified atom stereocenters. The Hall–Kier alpha value is -1.10. The standard InChI is InChI=1S/C13H24N2O3/c1-3-10(2)14-12(16)9-15-6-4-11(5-7-15)8-13(17)18/h10-11H,3-9H2,1-2H3,(H,14,16)(H,17,18). The van der Waals surface area contributed by atoms with Gasteiger partial charge in [-0.3, -0.25) is 14.5 Å². The van der Waals surface area contributed by atoms with Gasteiger partial charge in [0.25, 0.3) is 0 Å². The Morgan fingerprint density at radius 1 is 1.39 bits per heavy atom. The molecule has 0 bridgehead atoms. The van der Waals surface area contributed by atoms with Gasteiger partial charge in [0.15, 0.2) is 0 Å². The fourth-order valence-electron chi connectivity index (χ4n) is 2.22. The minimum Gasteiger partial charge on any atom is -0.481 e. The van der Waals surface area contributed by atoms with E-state index in [0.29, 0.717) is 6.54 Å². The molecule has 5 heteroatoms. The van der Waals surface area contributed by atoms with Crippen molar-refractivity contribution in [2.45, 2.75) is 45.6 Å². The Morgan fingerprint density at radius 3 is 2.50 bits per heavy atom. The first-order valence-electron chi connectivity index (χ1n) is 6.74. The smallest absolute Gasteiger partial charge is 0.303 e. The van der Waals surface area contributed by atoms with E-state index in [2.05, 4.69) is 10.2 Å². The van der Waals surface area contributed by atoms with Crippen LogP contribution in [0.25, 0.3) is 0 Å². The first kappa shape index (κ1) is 15.0. The van der Waals surface area contributed by atoms with Gasteiger partial charge in [-0.2, -0.15) is 0 Å². The number of carboxylic acid groups (broad SMARTS) is 1. The molecule has 1 fully saturated rings. The molecule has 1 amide bonds. The van der Waals surface area contributed by atoms with Gasteiger partial charge in [0.05, 0.1) is 6.54 Å². The van der Waals surface area contributed by atoms with Gasteiger partial charge in [0.2, 0.25) is 5.91 Å². The van der Waals surface area contributed by atoms with Crippen LogP contribution in [0.1, 0.15) is 39.5 Å². The van der Waals surface area contributed by atoms with E-state index in [1.54, 1.807) is 0 Å². The average molecular weight is 256 g/mol. The fourth-order valence-corrected chi connectivity index (χ4v) is 2.22. The van der Waals surface area contributed by atoms with E-state index in [9.17, 15) is 9.59 Å². The maximum Gasteiger partial charge on any atom is 0.303 e. The number of nitrogens with zero attached hydrogens (tertiary/aromatic N) is 1. The van der Waals surface area contributed by atoms with Crippen LogP contribution in [0.3, 0.4) is 0 Å². The van der Waals surface area contributed by atoms with Crippen molar-refractivity contribution in [2.24, 2.45) is 5.92 Å². The van der Waals surface area contributed by atoms with Crippen molar-refractivity contribution in [3.8, 4) is 0 Å². The zero-order valence-electron chi connectivity index (χ0n) is 11.3. The SMILES string of the molecule is CCC(C)NC(=O)CN1CCC(CC(=O)O)CC1. The highest BCUT2D eigenvalue weighted by Gasteiger charge is 2.22. The van der Waals surface area contributed by atoms with Crippen molar-refractivity contribution in [3.05, 3.63) is 0 Å². The number of likely N-dealkylation sites (tertiary alicyclic amines) is 1. The number of carboxylic acids is 1. The minimum absolute atomic E-state index is 0.0704. The van der Waals surface area contributed by atoms with E-state index in [4.69, 9.17) is 5.11 Å². The van der Waals surface area contributed by atoms with E-state index in [0.717, 1.165) is 32.4 Å². The molecule has 0 radical (unpaired) electrons. The number of piperidine rings is 1. The minimum atomic E-state index is -0.719. The van der Waals surface area contributed by atoms with E-state index >= 15 is 0 Å². The second-order valence-electron chi connectivity index (χ2n) is 5.19. The molecule has 1 heterocycles. The predicted octanol–water partition coefficient (Wildman–Crippen LogP) is 1.09. The highest BCUT2D eigenvalue weighted by Crippen LogP contribution is 2.19. The molecule has 0 aromatic heterocycles. The second-order valence-corrected chi connectivity index (χ2v) is 5.19. The molecule has 1 rings (SSSR count). The van der Waals surface area contributed by atoms with Gasteiger partial charge in [-0.05, 0) is 45.2 Å². The van der Waals surface area contributed by atoms with Crippen LogP contribution in [0.5, 0.6) is 0 Å². The van der Waals surface area contributed by atoms with Crippen LogP contribution in [0, 0.1) is 5.92 Å². The molecule has 1 aliphatic heterocycles. The largest absolute Gasteiger partial charge is 0.481 e. The Kier molecular flexibility index (Phi) is 6.12. The van der Waals surface area contributed by atoms with Gasteiger partial charge in [-0.1, -0.05) is 6.92 Å². The Balaban J connectivity index is 2.22. The van der Waals surface area contributed by atoms with E-state index in [-0.39, 0.29) is 24.3 Å². The van der Waals surface area contributed by atoms with Crippen molar-refractivity contribution < 1.29 is 14.7 Å². The molecule has 1 saturated heterocycles. The Bertz CT molecular complexity index is 286. The molecule has 1 aliphatic rings. The van der Waals surface area contributed by atoms with Gasteiger partial charge in [0.1, 0.15) is 0 Å². The second kappa shape index (κ2) is 7.36. The van der Waals surface area contributed by atoms with Crippen molar-refractivity contribution >= 4 is 11.9 Å². The average Bonchev–Trinajstić information content (AvgIpc) is 2.30. The van der Waals surface area contributed by atoms with Crippen LogP contribution >= 0.6 is 0 Å². The number of amides is 1. The summed E-state index contributed by atoms with van der Waals surface area (Å²) in [5, 5.41) is 11.7. The first-order valence-corrected chi connectivity index (χ1v) is 6.74. The van der Waals surface area contributed by atoms with Crippen LogP contribution in [0.2, 0.25) is 0 Å². The number of hydrogen-bond acceptors (Lipinski definition) is 3. The monoisotopic (exact) mass is 256 g/mol. The molecule has 0 spiro atoms. The normalized spacial score (nSPS) is 19.4. The summed E-state index contributed by atoms with van der Waals surface area (Å²) < 4.78 is 0. The first-order chi connectivity index (χ1) is 8.51. The summed E-state index contributed by atoms with van der Waals surface area (Å²) in [6.45, 7) is 6.13. The molecule has 18 heavy (non-hydrogen) atoms. The lowest BCUT2D eigenvalue weighted by atomic mass is 9.94. The topological polar surface area (TPSA) is 69.6 Å². The van der Waals surface area contributed by atoms with Crippen LogP contribution in [-0.4, -0.2) is 47.6 Å². The van der Waals surface area contributed by atoms with Gasteiger partial charge in [-0.25, -0.2) is 0 Å². The lowest BCUT2D eigenvalue weighted by Crippen LogP contribution is -2.43.